The summed E-state index contributed by atoms with van der Waals surface area (Å²) >= 11 is 0. The van der Waals surface area contributed by atoms with Crippen LogP contribution in [-0.4, -0.2) is 87.0 Å². The molecule has 2 saturated carbocycles. The van der Waals surface area contributed by atoms with E-state index in [0.29, 0.717) is 17.6 Å². The number of rotatable bonds is 5. The van der Waals surface area contributed by atoms with Crippen LogP contribution in [0.5, 0.6) is 0 Å². The molecule has 10 heteroatoms. The first-order valence-electron chi connectivity index (χ1n) is 13.5. The summed E-state index contributed by atoms with van der Waals surface area (Å²) in [7, 11) is 0. The van der Waals surface area contributed by atoms with Crippen molar-refractivity contribution in [1.29, 1.82) is 0 Å². The molecule has 0 aromatic carbocycles. The normalized spacial score (nSPS) is 30.2. The van der Waals surface area contributed by atoms with Gasteiger partial charge in [-0.3, -0.25) is 25.2 Å². The molecule has 4 fully saturated rings. The van der Waals surface area contributed by atoms with Crippen LogP contribution in [0.3, 0.4) is 0 Å². The molecule has 35 heavy (non-hydrogen) atoms. The number of hydrogen-bond donors (Lipinski definition) is 3. The van der Waals surface area contributed by atoms with Crippen LogP contribution in [0.2, 0.25) is 0 Å². The molecule has 3 N–H and O–H groups in total. The molecule has 0 radical (unpaired) electrons. The van der Waals surface area contributed by atoms with Gasteiger partial charge < -0.3 is 10.2 Å². The first kappa shape index (κ1) is 21.4. The largest absolute Gasteiger partial charge is 0.350 e. The van der Waals surface area contributed by atoms with Gasteiger partial charge in [-0.2, -0.15) is 10.1 Å². The maximum absolute atomic E-state index is 13.4. The minimum Gasteiger partial charge on any atom is -0.350 e. The molecule has 10 nitrogen and oxygen atoms in total. The van der Waals surface area contributed by atoms with E-state index in [4.69, 9.17) is 9.98 Å². The number of carbonyl (C=O) groups is 1. The number of guanidine groups is 1. The van der Waals surface area contributed by atoms with E-state index in [1.165, 1.54) is 44.3 Å². The molecule has 186 valence electrons. The Morgan fingerprint density at radius 3 is 2.83 bits per heavy atom. The number of aromatic amines is 1. The van der Waals surface area contributed by atoms with Gasteiger partial charge in [-0.05, 0) is 64.3 Å². The molecule has 4 aliphatic heterocycles. The van der Waals surface area contributed by atoms with Crippen LogP contribution < -0.4 is 10.7 Å². The van der Waals surface area contributed by atoms with Crippen LogP contribution in [0, 0.1) is 0 Å². The van der Waals surface area contributed by atoms with Crippen molar-refractivity contribution >= 4 is 23.5 Å². The lowest BCUT2D eigenvalue weighted by atomic mass is 10.0. The topological polar surface area (TPSA) is 104 Å². The summed E-state index contributed by atoms with van der Waals surface area (Å²) in [6.07, 6.45) is 12.3. The first-order chi connectivity index (χ1) is 17.2. The van der Waals surface area contributed by atoms with Crippen molar-refractivity contribution in [1.82, 2.24) is 35.7 Å². The summed E-state index contributed by atoms with van der Waals surface area (Å²) < 4.78 is 0. The lowest BCUT2D eigenvalue weighted by Crippen LogP contribution is -2.58. The van der Waals surface area contributed by atoms with E-state index < -0.39 is 0 Å². The van der Waals surface area contributed by atoms with Crippen LogP contribution in [-0.2, 0) is 4.79 Å². The third-order valence-corrected chi connectivity index (χ3v) is 8.17. The average molecular weight is 478 g/mol. The number of fused-ring (bicyclic) bond motifs is 1. The number of likely N-dealkylation sites (tertiary alicyclic amines) is 2. The zero-order valence-electron chi connectivity index (χ0n) is 20.2. The first-order valence-corrected chi connectivity index (χ1v) is 13.5. The van der Waals surface area contributed by atoms with Crippen molar-refractivity contribution < 1.29 is 4.79 Å². The number of hydrogen-bond acceptors (Lipinski definition) is 7. The Labute approximate surface area is 205 Å². The average Bonchev–Trinajstić information content (AvgIpc) is 3.74. The van der Waals surface area contributed by atoms with E-state index in [1.807, 2.05) is 6.07 Å². The smallest absolute Gasteiger partial charge is 0.243 e. The molecule has 6 aliphatic rings. The van der Waals surface area contributed by atoms with Gasteiger partial charge in [-0.1, -0.05) is 6.08 Å². The number of aromatic nitrogens is 2. The molecule has 2 saturated heterocycles. The molecule has 1 aromatic heterocycles. The Bertz CT molecular complexity index is 1080. The van der Waals surface area contributed by atoms with Crippen molar-refractivity contribution in [3.8, 4) is 0 Å². The van der Waals surface area contributed by atoms with E-state index in [0.717, 1.165) is 63.0 Å². The van der Waals surface area contributed by atoms with Gasteiger partial charge in [0.15, 0.2) is 11.7 Å². The summed E-state index contributed by atoms with van der Waals surface area (Å²) in [5.74, 6) is 2.81. The predicted molar refractivity (Wildman–Crippen MR) is 133 cm³/mol. The monoisotopic (exact) mass is 477 g/mol. The highest BCUT2D eigenvalue weighted by molar-refractivity contribution is 6.09. The fourth-order valence-corrected chi connectivity index (χ4v) is 5.98. The number of piperidine rings is 1. The molecule has 7 rings (SSSR count). The van der Waals surface area contributed by atoms with Gasteiger partial charge in [0.25, 0.3) is 0 Å². The van der Waals surface area contributed by atoms with Crippen molar-refractivity contribution in [3.63, 3.8) is 0 Å². The highest BCUT2D eigenvalue weighted by atomic mass is 16.2. The third kappa shape index (κ3) is 4.32. The van der Waals surface area contributed by atoms with Crippen molar-refractivity contribution in [2.45, 2.75) is 81.8 Å². The van der Waals surface area contributed by atoms with Gasteiger partial charge in [0.2, 0.25) is 11.9 Å². The summed E-state index contributed by atoms with van der Waals surface area (Å²) in [6, 6.07) is 2.86. The minimum absolute atomic E-state index is 0.136. The van der Waals surface area contributed by atoms with Gasteiger partial charge in [0.1, 0.15) is 6.04 Å². The Morgan fingerprint density at radius 2 is 1.97 bits per heavy atom. The van der Waals surface area contributed by atoms with Crippen LogP contribution in [0.4, 0.5) is 5.82 Å². The van der Waals surface area contributed by atoms with Crippen LogP contribution in [0.15, 0.2) is 27.8 Å². The molecular formula is C25H35N9O. The van der Waals surface area contributed by atoms with Gasteiger partial charge >= 0.3 is 0 Å². The van der Waals surface area contributed by atoms with E-state index in [-0.39, 0.29) is 18.0 Å². The fraction of sp³-hybridized carbons (Fsp3) is 0.680. The Hall–Kier alpha value is -2.88. The molecule has 0 bridgehead atoms. The summed E-state index contributed by atoms with van der Waals surface area (Å²) in [4.78, 5) is 27.9. The maximum atomic E-state index is 13.4. The highest BCUT2D eigenvalue weighted by Gasteiger charge is 2.39. The number of nitrogens with zero attached hydrogens (tertiary/aromatic N) is 6. The molecule has 1 unspecified atom stereocenters. The molecule has 1 aromatic rings. The molecular weight excluding hydrogens is 442 g/mol. The number of H-pyrrole nitrogens is 1. The number of amidine groups is 1. The van der Waals surface area contributed by atoms with Gasteiger partial charge in [0.05, 0.1) is 5.70 Å². The second-order valence-electron chi connectivity index (χ2n) is 10.9. The van der Waals surface area contributed by atoms with Gasteiger partial charge in [-0.15, -0.1) is 0 Å². The number of hydrazine groups is 1. The summed E-state index contributed by atoms with van der Waals surface area (Å²) in [5, 5.41) is 13.0. The summed E-state index contributed by atoms with van der Waals surface area (Å²) in [6.45, 7) is 3.86. The zero-order valence-corrected chi connectivity index (χ0v) is 20.2. The standard InChI is InChI=1S/C25H35N9O/c35-24(26-17-4-1-11-32(15-17)18-9-10-18)21-6-2-12-33(21)25-28-23(20-5-3-13-34(20)31-25)27-22-14-19(29-30-22)16-7-8-16/h5,14,16-18,21H,1-4,6-13,15H2,(H,26,35)(H2,27,28,29,30,31)/t17?,21-/m0/s1. The minimum atomic E-state index is -0.196. The number of aliphatic imine (C=N–C) groups is 2. The lowest BCUT2D eigenvalue weighted by molar-refractivity contribution is -0.125. The number of nitrogens with one attached hydrogen (secondary N) is 3. The number of amides is 1. The van der Waals surface area contributed by atoms with Crippen molar-refractivity contribution in [2.75, 3.05) is 26.2 Å². The van der Waals surface area contributed by atoms with Gasteiger partial charge in [0, 0.05) is 49.4 Å². The van der Waals surface area contributed by atoms with E-state index in [9.17, 15) is 4.79 Å². The maximum Gasteiger partial charge on any atom is 0.243 e. The Morgan fingerprint density at radius 1 is 1.09 bits per heavy atom. The summed E-state index contributed by atoms with van der Waals surface area (Å²) in [5.41, 5.74) is 5.63. The van der Waals surface area contributed by atoms with Crippen LogP contribution >= 0.6 is 0 Å². The third-order valence-electron chi connectivity index (χ3n) is 8.17. The van der Waals surface area contributed by atoms with Crippen LogP contribution in [0.25, 0.3) is 0 Å². The fourth-order valence-electron chi connectivity index (χ4n) is 5.98. The second kappa shape index (κ2) is 8.65. The SMILES string of the molecule is O=C(NC1CCCN(C2CC2)C1)[C@@H]1CCCN1C1=NC(=Nc2cc(C3CC3)[nH]n2)C2=CCCN2N1. The molecule has 2 aliphatic carbocycles. The predicted octanol–water partition coefficient (Wildman–Crippen LogP) is 1.99. The molecule has 2 atom stereocenters. The Kier molecular flexibility index (Phi) is 5.29. The molecule has 5 heterocycles. The van der Waals surface area contributed by atoms with E-state index in [2.05, 4.69) is 41.8 Å². The van der Waals surface area contributed by atoms with E-state index >= 15 is 0 Å². The van der Waals surface area contributed by atoms with Gasteiger partial charge in [-0.25, -0.2) is 4.99 Å². The van der Waals surface area contributed by atoms with Crippen molar-refractivity contribution in [2.24, 2.45) is 9.98 Å². The second-order valence-corrected chi connectivity index (χ2v) is 10.9. The molecule has 1 amide bonds. The van der Waals surface area contributed by atoms with E-state index in [1.54, 1.807) is 0 Å². The zero-order chi connectivity index (χ0) is 23.4. The molecule has 0 spiro atoms. The quantitative estimate of drug-likeness (QED) is 0.599. The highest BCUT2D eigenvalue weighted by Crippen LogP contribution is 2.40. The van der Waals surface area contributed by atoms with Crippen molar-refractivity contribution in [3.05, 3.63) is 23.5 Å². The number of carbonyl (C=O) groups excluding carboxylic acids is 1. The lowest BCUT2D eigenvalue weighted by Gasteiger charge is -2.37. The van der Waals surface area contributed by atoms with Crippen LogP contribution in [0.1, 0.15) is 69.4 Å². The Balaban J connectivity index is 1.09.